The van der Waals surface area contributed by atoms with Crippen molar-refractivity contribution in [3.63, 3.8) is 0 Å². The fourth-order valence-electron chi connectivity index (χ4n) is 2.28. The molecule has 0 aliphatic rings. The SMILES string of the molecule is OCCCNc1nc(Nc2c(F)ccc(F)c2F)cc(-c2ccccn2)n1. The zero-order valence-corrected chi connectivity index (χ0v) is 14.1. The van der Waals surface area contributed by atoms with E-state index in [0.717, 1.165) is 6.07 Å². The third-order valence-electron chi connectivity index (χ3n) is 3.57. The van der Waals surface area contributed by atoms with Gasteiger partial charge < -0.3 is 15.7 Å². The highest BCUT2D eigenvalue weighted by molar-refractivity contribution is 5.65. The van der Waals surface area contributed by atoms with E-state index in [4.69, 9.17) is 5.11 Å². The van der Waals surface area contributed by atoms with E-state index >= 15 is 0 Å². The molecule has 3 N–H and O–H groups in total. The van der Waals surface area contributed by atoms with Crippen molar-refractivity contribution < 1.29 is 18.3 Å². The van der Waals surface area contributed by atoms with Crippen molar-refractivity contribution in [3.8, 4) is 11.4 Å². The van der Waals surface area contributed by atoms with Crippen LogP contribution in [0.15, 0.2) is 42.6 Å². The van der Waals surface area contributed by atoms with Crippen molar-refractivity contribution in [2.75, 3.05) is 23.8 Å². The topological polar surface area (TPSA) is 83.0 Å². The number of aromatic nitrogens is 3. The van der Waals surface area contributed by atoms with Crippen molar-refractivity contribution in [1.29, 1.82) is 0 Å². The summed E-state index contributed by atoms with van der Waals surface area (Å²) in [6.45, 7) is 0.377. The van der Waals surface area contributed by atoms with E-state index < -0.39 is 23.1 Å². The van der Waals surface area contributed by atoms with Gasteiger partial charge in [-0.25, -0.2) is 18.2 Å². The van der Waals surface area contributed by atoms with Crippen LogP contribution in [0.3, 0.4) is 0 Å². The predicted molar refractivity (Wildman–Crippen MR) is 95.1 cm³/mol. The Balaban J connectivity index is 1.99. The van der Waals surface area contributed by atoms with E-state index in [9.17, 15) is 13.2 Å². The lowest BCUT2D eigenvalue weighted by atomic mass is 10.2. The normalized spacial score (nSPS) is 10.7. The van der Waals surface area contributed by atoms with E-state index in [0.29, 0.717) is 30.4 Å². The molecule has 2 heterocycles. The minimum absolute atomic E-state index is 0.0161. The summed E-state index contributed by atoms with van der Waals surface area (Å²) < 4.78 is 41.3. The quantitative estimate of drug-likeness (QED) is 0.433. The molecule has 0 unspecified atom stereocenters. The second-order valence-corrected chi connectivity index (χ2v) is 5.52. The largest absolute Gasteiger partial charge is 0.396 e. The summed E-state index contributed by atoms with van der Waals surface area (Å²) in [6.07, 6.45) is 2.04. The van der Waals surface area contributed by atoms with Gasteiger partial charge in [0.15, 0.2) is 11.6 Å². The fourth-order valence-corrected chi connectivity index (χ4v) is 2.28. The third kappa shape index (κ3) is 4.50. The van der Waals surface area contributed by atoms with Crippen LogP contribution in [0.25, 0.3) is 11.4 Å². The molecule has 0 fully saturated rings. The zero-order chi connectivity index (χ0) is 19.2. The molecule has 140 valence electrons. The first-order valence-corrected chi connectivity index (χ1v) is 8.14. The van der Waals surface area contributed by atoms with Crippen LogP contribution in [0.1, 0.15) is 6.42 Å². The molecule has 0 aliphatic heterocycles. The molecule has 2 aromatic heterocycles. The summed E-state index contributed by atoms with van der Waals surface area (Å²) in [5, 5.41) is 14.3. The molecule has 1 aromatic carbocycles. The van der Waals surface area contributed by atoms with Crippen molar-refractivity contribution in [2.45, 2.75) is 6.42 Å². The van der Waals surface area contributed by atoms with Gasteiger partial charge in [0.2, 0.25) is 5.95 Å². The van der Waals surface area contributed by atoms with Crippen LogP contribution < -0.4 is 10.6 Å². The van der Waals surface area contributed by atoms with Crippen molar-refractivity contribution >= 4 is 17.5 Å². The van der Waals surface area contributed by atoms with Crippen LogP contribution in [0, 0.1) is 17.5 Å². The van der Waals surface area contributed by atoms with Crippen LogP contribution in [0.2, 0.25) is 0 Å². The lowest BCUT2D eigenvalue weighted by molar-refractivity contribution is 0.292. The Hall–Kier alpha value is -3.20. The predicted octanol–water partition coefficient (Wildman–Crippen LogP) is 3.49. The second kappa shape index (κ2) is 8.45. The number of rotatable bonds is 7. The summed E-state index contributed by atoms with van der Waals surface area (Å²) in [7, 11) is 0. The Morgan fingerprint density at radius 3 is 2.52 bits per heavy atom. The van der Waals surface area contributed by atoms with E-state index in [1.54, 1.807) is 24.4 Å². The van der Waals surface area contributed by atoms with Crippen LogP contribution in [0.4, 0.5) is 30.6 Å². The van der Waals surface area contributed by atoms with Gasteiger partial charge in [0.25, 0.3) is 0 Å². The van der Waals surface area contributed by atoms with Gasteiger partial charge in [-0.15, -0.1) is 0 Å². The molecule has 27 heavy (non-hydrogen) atoms. The molecule has 0 aliphatic carbocycles. The van der Waals surface area contributed by atoms with E-state index in [1.165, 1.54) is 6.07 Å². The number of pyridine rings is 1. The van der Waals surface area contributed by atoms with Gasteiger partial charge in [-0.1, -0.05) is 6.07 Å². The Morgan fingerprint density at radius 2 is 1.78 bits per heavy atom. The van der Waals surface area contributed by atoms with E-state index in [-0.39, 0.29) is 18.4 Å². The average molecular weight is 375 g/mol. The summed E-state index contributed by atoms with van der Waals surface area (Å²) in [5.41, 5.74) is 0.271. The summed E-state index contributed by atoms with van der Waals surface area (Å²) in [4.78, 5) is 12.6. The molecule has 6 nitrogen and oxygen atoms in total. The van der Waals surface area contributed by atoms with Gasteiger partial charge in [0.1, 0.15) is 17.3 Å². The maximum atomic E-state index is 13.9. The molecule has 9 heteroatoms. The highest BCUT2D eigenvalue weighted by Crippen LogP contribution is 2.27. The van der Waals surface area contributed by atoms with Gasteiger partial charge >= 0.3 is 0 Å². The number of benzene rings is 1. The number of halogens is 3. The number of anilines is 3. The van der Waals surface area contributed by atoms with Gasteiger partial charge in [-0.2, -0.15) is 4.98 Å². The Labute approximate surface area is 153 Å². The number of hydrogen-bond acceptors (Lipinski definition) is 6. The van der Waals surface area contributed by atoms with Gasteiger partial charge in [-0.05, 0) is 30.7 Å². The number of hydrogen-bond donors (Lipinski definition) is 3. The molecule has 0 amide bonds. The van der Waals surface area contributed by atoms with Crippen LogP contribution >= 0.6 is 0 Å². The highest BCUT2D eigenvalue weighted by atomic mass is 19.2. The first kappa shape index (κ1) is 18.6. The number of nitrogens with zero attached hydrogens (tertiary/aromatic N) is 3. The van der Waals surface area contributed by atoms with Crippen LogP contribution in [-0.4, -0.2) is 33.2 Å². The Kier molecular flexibility index (Phi) is 5.82. The molecule has 0 bridgehead atoms. The lowest BCUT2D eigenvalue weighted by Crippen LogP contribution is -2.09. The number of nitrogens with one attached hydrogen (secondary N) is 2. The minimum Gasteiger partial charge on any atom is -0.396 e. The molecule has 0 atom stereocenters. The Bertz CT molecular complexity index is 924. The molecule has 3 aromatic rings. The third-order valence-corrected chi connectivity index (χ3v) is 3.57. The monoisotopic (exact) mass is 375 g/mol. The summed E-state index contributed by atoms with van der Waals surface area (Å²) >= 11 is 0. The molecule has 3 rings (SSSR count). The van der Waals surface area contributed by atoms with Gasteiger partial charge in [0, 0.05) is 25.4 Å². The molecular weight excluding hydrogens is 359 g/mol. The first-order chi connectivity index (χ1) is 13.1. The lowest BCUT2D eigenvalue weighted by Gasteiger charge is -2.12. The van der Waals surface area contributed by atoms with E-state index in [1.807, 2.05) is 0 Å². The maximum absolute atomic E-state index is 13.9. The molecule has 0 spiro atoms. The molecule has 0 radical (unpaired) electrons. The van der Waals surface area contributed by atoms with Crippen molar-refractivity contribution in [2.24, 2.45) is 0 Å². The average Bonchev–Trinajstić information content (AvgIpc) is 2.69. The number of aliphatic hydroxyl groups excluding tert-OH is 1. The summed E-state index contributed by atoms with van der Waals surface area (Å²) in [5.74, 6) is -3.25. The standard InChI is InChI=1S/C18H16F3N5O/c19-11-5-6-12(20)17(16(11)21)25-15-10-14(13-4-1-2-7-22-13)24-18(26-15)23-8-3-9-27/h1-2,4-7,10,27H,3,8-9H2,(H2,23,24,25,26). The molecular formula is C18H16F3N5O. The van der Waals surface area contributed by atoms with Crippen molar-refractivity contribution in [1.82, 2.24) is 15.0 Å². The van der Waals surface area contributed by atoms with Gasteiger partial charge in [-0.3, -0.25) is 4.98 Å². The maximum Gasteiger partial charge on any atom is 0.225 e. The highest BCUT2D eigenvalue weighted by Gasteiger charge is 2.16. The number of aliphatic hydroxyl groups is 1. The first-order valence-electron chi connectivity index (χ1n) is 8.14. The fraction of sp³-hybridized carbons (Fsp3) is 0.167. The second-order valence-electron chi connectivity index (χ2n) is 5.52. The summed E-state index contributed by atoms with van der Waals surface area (Å²) in [6, 6.07) is 8.19. The van der Waals surface area contributed by atoms with Crippen LogP contribution in [0.5, 0.6) is 0 Å². The smallest absolute Gasteiger partial charge is 0.225 e. The zero-order valence-electron chi connectivity index (χ0n) is 14.1. The van der Waals surface area contributed by atoms with Gasteiger partial charge in [0.05, 0.1) is 11.4 Å². The Morgan fingerprint density at radius 1 is 0.963 bits per heavy atom. The minimum atomic E-state index is -1.34. The van der Waals surface area contributed by atoms with Crippen molar-refractivity contribution in [3.05, 3.63) is 60.0 Å². The molecule has 0 saturated carbocycles. The van der Waals surface area contributed by atoms with Crippen LogP contribution in [-0.2, 0) is 0 Å². The molecule has 0 saturated heterocycles. The van der Waals surface area contributed by atoms with E-state index in [2.05, 4.69) is 25.6 Å².